The Morgan fingerprint density at radius 2 is 1.90 bits per heavy atom. The molecule has 0 aliphatic carbocycles. The van der Waals surface area contributed by atoms with Crippen LogP contribution in [0.3, 0.4) is 0 Å². The van der Waals surface area contributed by atoms with Gasteiger partial charge in [-0.25, -0.2) is 0 Å². The summed E-state index contributed by atoms with van der Waals surface area (Å²) in [4.78, 5) is 13.3. The number of ether oxygens (including phenoxy) is 1. The molecule has 0 radical (unpaired) electrons. The second-order valence-electron chi connectivity index (χ2n) is 4.77. The number of aryl methyl sites for hydroxylation is 1. The first kappa shape index (κ1) is 16.1. The van der Waals surface area contributed by atoms with Gasteiger partial charge in [-0.15, -0.1) is 11.8 Å². The highest BCUT2D eigenvalue weighted by Gasteiger charge is 2.10. The Kier molecular flexibility index (Phi) is 5.88. The number of carbonyl (C=O) groups excluding carboxylic acids is 1. The van der Waals surface area contributed by atoms with Crippen molar-refractivity contribution < 1.29 is 9.53 Å². The molecule has 0 heterocycles. The zero-order chi connectivity index (χ0) is 15.2. The molecule has 0 bridgehead atoms. The number of hydrogen-bond acceptors (Lipinski definition) is 3. The van der Waals surface area contributed by atoms with Crippen molar-refractivity contribution in [2.45, 2.75) is 18.2 Å². The molecule has 110 valence electrons. The lowest BCUT2D eigenvalue weighted by Gasteiger charge is -2.08. The average Bonchev–Trinajstić information content (AvgIpc) is 2.47. The third kappa shape index (κ3) is 4.90. The van der Waals surface area contributed by atoms with E-state index in [1.165, 1.54) is 5.56 Å². The van der Waals surface area contributed by atoms with E-state index in [1.54, 1.807) is 18.9 Å². The van der Waals surface area contributed by atoms with Crippen LogP contribution < -0.4 is 4.74 Å². The summed E-state index contributed by atoms with van der Waals surface area (Å²) in [6.07, 6.45) is 0.390. The van der Waals surface area contributed by atoms with E-state index < -0.39 is 0 Å². The Balaban J connectivity index is 1.95. The molecule has 0 saturated carbocycles. The second kappa shape index (κ2) is 7.66. The maximum atomic E-state index is 12.1. The molecule has 2 aromatic rings. The smallest absolute Gasteiger partial charge is 0.147 e. The van der Waals surface area contributed by atoms with Gasteiger partial charge in [0.05, 0.1) is 12.9 Å². The first-order valence-electron chi connectivity index (χ1n) is 6.62. The summed E-state index contributed by atoms with van der Waals surface area (Å²) in [7, 11) is 1.62. The van der Waals surface area contributed by atoms with E-state index in [0.29, 0.717) is 12.2 Å². The van der Waals surface area contributed by atoms with Crippen LogP contribution in [0.1, 0.15) is 11.1 Å². The van der Waals surface area contributed by atoms with Gasteiger partial charge in [0, 0.05) is 21.4 Å². The molecule has 0 aliphatic rings. The quantitative estimate of drug-likeness (QED) is 0.696. The van der Waals surface area contributed by atoms with Crippen LogP contribution in [0.15, 0.2) is 51.8 Å². The minimum absolute atomic E-state index is 0.192. The Morgan fingerprint density at radius 3 is 2.57 bits per heavy atom. The van der Waals surface area contributed by atoms with Gasteiger partial charge in [0.1, 0.15) is 11.5 Å². The van der Waals surface area contributed by atoms with Gasteiger partial charge in [-0.1, -0.05) is 33.6 Å². The fraction of sp³-hybridized carbons (Fsp3) is 0.235. The third-order valence-corrected chi connectivity index (χ3v) is 4.62. The highest BCUT2D eigenvalue weighted by Crippen LogP contribution is 2.25. The van der Waals surface area contributed by atoms with Crippen LogP contribution in [-0.4, -0.2) is 18.6 Å². The van der Waals surface area contributed by atoms with Crippen LogP contribution >= 0.6 is 27.7 Å². The predicted octanol–water partition coefficient (Wildman–Crippen LogP) is 4.67. The van der Waals surface area contributed by atoms with Crippen molar-refractivity contribution in [3.63, 3.8) is 0 Å². The largest absolute Gasteiger partial charge is 0.496 e. The topological polar surface area (TPSA) is 26.3 Å². The lowest BCUT2D eigenvalue weighted by atomic mass is 10.1. The van der Waals surface area contributed by atoms with Crippen LogP contribution in [-0.2, 0) is 11.2 Å². The molecule has 2 aromatic carbocycles. The molecule has 0 aromatic heterocycles. The summed E-state index contributed by atoms with van der Waals surface area (Å²) in [6, 6.07) is 13.9. The van der Waals surface area contributed by atoms with Gasteiger partial charge >= 0.3 is 0 Å². The van der Waals surface area contributed by atoms with E-state index >= 15 is 0 Å². The summed E-state index contributed by atoms with van der Waals surface area (Å²) in [5.41, 5.74) is 2.14. The van der Waals surface area contributed by atoms with Gasteiger partial charge in [-0.05, 0) is 37.3 Å². The molecule has 0 N–H and O–H groups in total. The van der Waals surface area contributed by atoms with Gasteiger partial charge in [0.25, 0.3) is 0 Å². The summed E-state index contributed by atoms with van der Waals surface area (Å²) in [5.74, 6) is 1.42. The third-order valence-electron chi connectivity index (χ3n) is 3.05. The molecule has 0 saturated heterocycles. The van der Waals surface area contributed by atoms with Gasteiger partial charge in [0.15, 0.2) is 0 Å². The highest BCUT2D eigenvalue weighted by molar-refractivity contribution is 9.10. The van der Waals surface area contributed by atoms with Crippen LogP contribution in [0.25, 0.3) is 0 Å². The Hall–Kier alpha value is -1.26. The Bertz CT molecular complexity index is 623. The number of hydrogen-bond donors (Lipinski definition) is 0. The molecule has 0 atom stereocenters. The fourth-order valence-corrected chi connectivity index (χ4v) is 3.11. The molecular formula is C17H17BrO2S. The lowest BCUT2D eigenvalue weighted by molar-refractivity contribution is -0.116. The average molecular weight is 365 g/mol. The van der Waals surface area contributed by atoms with Crippen LogP contribution in [0.5, 0.6) is 5.75 Å². The highest BCUT2D eigenvalue weighted by atomic mass is 79.9. The number of benzene rings is 2. The van der Waals surface area contributed by atoms with E-state index in [4.69, 9.17) is 4.74 Å². The summed E-state index contributed by atoms with van der Waals surface area (Å²) in [6.45, 7) is 2.05. The van der Waals surface area contributed by atoms with E-state index in [9.17, 15) is 4.79 Å². The van der Waals surface area contributed by atoms with Crippen molar-refractivity contribution in [3.8, 4) is 5.75 Å². The van der Waals surface area contributed by atoms with Crippen molar-refractivity contribution in [1.82, 2.24) is 0 Å². The number of ketones is 1. The minimum atomic E-state index is 0.192. The monoisotopic (exact) mass is 364 g/mol. The van der Waals surface area contributed by atoms with Crippen LogP contribution in [0.2, 0.25) is 0 Å². The molecule has 0 aliphatic heterocycles. The van der Waals surface area contributed by atoms with Gasteiger partial charge < -0.3 is 4.74 Å². The van der Waals surface area contributed by atoms with Gasteiger partial charge in [-0.2, -0.15) is 0 Å². The van der Waals surface area contributed by atoms with Gasteiger partial charge in [0.2, 0.25) is 0 Å². The van der Waals surface area contributed by atoms with E-state index in [-0.39, 0.29) is 5.78 Å². The molecule has 0 spiro atoms. The number of thioether (sulfide) groups is 1. The second-order valence-corrected chi connectivity index (χ2v) is 6.74. The Morgan fingerprint density at radius 1 is 1.19 bits per heavy atom. The molecule has 0 fully saturated rings. The normalized spacial score (nSPS) is 10.4. The number of carbonyl (C=O) groups is 1. The van der Waals surface area contributed by atoms with Crippen molar-refractivity contribution in [1.29, 1.82) is 0 Å². The number of Topliss-reactive ketones (excluding diaryl/α,β-unsaturated/α-hetero) is 1. The summed E-state index contributed by atoms with van der Waals surface area (Å²) < 4.78 is 6.25. The van der Waals surface area contributed by atoms with Crippen LogP contribution in [0, 0.1) is 6.92 Å². The number of halogens is 1. The van der Waals surface area contributed by atoms with Gasteiger partial charge in [-0.3, -0.25) is 4.79 Å². The lowest BCUT2D eigenvalue weighted by Crippen LogP contribution is -2.07. The van der Waals surface area contributed by atoms with Crippen molar-refractivity contribution >= 4 is 33.5 Å². The maximum Gasteiger partial charge on any atom is 0.147 e. The zero-order valence-electron chi connectivity index (χ0n) is 12.1. The Labute approximate surface area is 138 Å². The first-order chi connectivity index (χ1) is 10.1. The minimum Gasteiger partial charge on any atom is -0.496 e. The number of methoxy groups -OCH3 is 1. The molecule has 21 heavy (non-hydrogen) atoms. The van der Waals surface area contributed by atoms with Crippen molar-refractivity contribution in [2.75, 3.05) is 12.9 Å². The van der Waals surface area contributed by atoms with E-state index in [0.717, 1.165) is 20.7 Å². The molecule has 0 unspecified atom stereocenters. The van der Waals surface area contributed by atoms with Crippen molar-refractivity contribution in [3.05, 3.63) is 58.1 Å². The molecule has 2 rings (SSSR count). The number of rotatable bonds is 6. The standard InChI is InChI=1S/C17H17BrO2S/c1-12-3-6-16(7-4-12)21-11-15(19)10-13-9-14(18)5-8-17(13)20-2/h3-9H,10-11H2,1-2H3. The summed E-state index contributed by atoms with van der Waals surface area (Å²) >= 11 is 5.00. The molecule has 0 amide bonds. The molecule has 2 nitrogen and oxygen atoms in total. The predicted molar refractivity (Wildman–Crippen MR) is 91.3 cm³/mol. The molecule has 4 heteroatoms. The van der Waals surface area contributed by atoms with Crippen LogP contribution in [0.4, 0.5) is 0 Å². The molecular weight excluding hydrogens is 348 g/mol. The maximum absolute atomic E-state index is 12.1. The van der Waals surface area contributed by atoms with Crippen molar-refractivity contribution in [2.24, 2.45) is 0 Å². The van der Waals surface area contributed by atoms with E-state index in [2.05, 4.69) is 35.0 Å². The first-order valence-corrected chi connectivity index (χ1v) is 8.40. The van der Waals surface area contributed by atoms with E-state index in [1.807, 2.05) is 30.3 Å². The fourth-order valence-electron chi connectivity index (χ4n) is 1.95. The SMILES string of the molecule is COc1ccc(Br)cc1CC(=O)CSc1ccc(C)cc1. The zero-order valence-corrected chi connectivity index (χ0v) is 14.5. The summed E-state index contributed by atoms with van der Waals surface area (Å²) in [5, 5.41) is 0.